The fourth-order valence-corrected chi connectivity index (χ4v) is 3.22. The van der Waals surface area contributed by atoms with Gasteiger partial charge in [0.1, 0.15) is 11.6 Å². The SMILES string of the molecule is CC(C)(C)OC(=O)CCCCCN(C=O)c1ccccc1NC1CCC(=O)NC1=O. The maximum atomic E-state index is 12.0. The van der Waals surface area contributed by atoms with E-state index in [1.807, 2.05) is 39.0 Å². The minimum absolute atomic E-state index is 0.214. The second-order valence-corrected chi connectivity index (χ2v) is 8.36. The lowest BCUT2D eigenvalue weighted by molar-refractivity contribution is -0.155. The third kappa shape index (κ3) is 7.50. The number of ether oxygens (including phenoxy) is 1. The number of nitrogens with one attached hydrogen (secondary N) is 2. The van der Waals surface area contributed by atoms with E-state index >= 15 is 0 Å². The molecule has 1 aliphatic heterocycles. The largest absolute Gasteiger partial charge is 0.460 e. The summed E-state index contributed by atoms with van der Waals surface area (Å²) in [6.45, 7) is 6.01. The van der Waals surface area contributed by atoms with Gasteiger partial charge in [-0.25, -0.2) is 0 Å². The number of rotatable bonds is 10. The smallest absolute Gasteiger partial charge is 0.306 e. The Morgan fingerprint density at radius 1 is 1.23 bits per heavy atom. The van der Waals surface area contributed by atoms with Crippen molar-refractivity contribution in [1.82, 2.24) is 5.32 Å². The lowest BCUT2D eigenvalue weighted by Gasteiger charge is -2.26. The molecular formula is C22H31N3O5. The molecule has 8 nitrogen and oxygen atoms in total. The zero-order valence-corrected chi connectivity index (χ0v) is 17.9. The van der Waals surface area contributed by atoms with Crippen LogP contribution in [0.25, 0.3) is 0 Å². The van der Waals surface area contributed by atoms with Crippen LogP contribution in [0, 0.1) is 0 Å². The standard InChI is InChI=1S/C22H31N3O5/c1-22(2,3)30-20(28)11-5-4-8-14-25(15-26)18-10-7-6-9-16(18)23-17-12-13-19(27)24-21(17)29/h6-7,9-10,15,17,23H,4-5,8,11-14H2,1-3H3,(H,24,27,29). The fraction of sp³-hybridized carbons (Fsp3) is 0.545. The Kier molecular flexibility index (Phi) is 8.38. The van der Waals surface area contributed by atoms with Crippen molar-refractivity contribution in [1.29, 1.82) is 0 Å². The number of benzene rings is 1. The number of para-hydroxylation sites is 2. The van der Waals surface area contributed by atoms with Gasteiger partial charge in [0, 0.05) is 19.4 Å². The number of carbonyl (C=O) groups excluding carboxylic acids is 4. The number of hydrogen-bond donors (Lipinski definition) is 2. The van der Waals surface area contributed by atoms with E-state index in [9.17, 15) is 19.2 Å². The normalized spacial score (nSPS) is 16.6. The molecule has 30 heavy (non-hydrogen) atoms. The topological polar surface area (TPSA) is 105 Å². The average molecular weight is 418 g/mol. The molecule has 0 bridgehead atoms. The molecule has 164 valence electrons. The van der Waals surface area contributed by atoms with Gasteiger partial charge in [-0.1, -0.05) is 18.6 Å². The van der Waals surface area contributed by atoms with Crippen LogP contribution < -0.4 is 15.5 Å². The molecule has 0 radical (unpaired) electrons. The summed E-state index contributed by atoms with van der Waals surface area (Å²) in [6, 6.07) is 6.73. The van der Waals surface area contributed by atoms with E-state index in [1.54, 1.807) is 11.0 Å². The number of amides is 3. The number of hydrogen-bond acceptors (Lipinski definition) is 6. The molecule has 1 aromatic carbocycles. The molecule has 1 aromatic rings. The first-order valence-corrected chi connectivity index (χ1v) is 10.3. The van der Waals surface area contributed by atoms with Gasteiger partial charge in [-0.3, -0.25) is 24.5 Å². The number of unbranched alkanes of at least 4 members (excludes halogenated alkanes) is 2. The van der Waals surface area contributed by atoms with Gasteiger partial charge < -0.3 is 15.0 Å². The van der Waals surface area contributed by atoms with Gasteiger partial charge in [0.25, 0.3) is 0 Å². The van der Waals surface area contributed by atoms with Crippen molar-refractivity contribution in [3.8, 4) is 0 Å². The molecule has 2 rings (SSSR count). The second kappa shape index (κ2) is 10.8. The molecular weight excluding hydrogens is 386 g/mol. The van der Waals surface area contributed by atoms with Crippen LogP contribution in [0.2, 0.25) is 0 Å². The summed E-state index contributed by atoms with van der Waals surface area (Å²) in [6.07, 6.45) is 4.01. The van der Waals surface area contributed by atoms with Crippen LogP contribution in [-0.4, -0.2) is 42.4 Å². The Hall–Kier alpha value is -2.90. The number of carbonyl (C=O) groups is 4. The van der Waals surface area contributed by atoms with Crippen molar-refractivity contribution in [3.63, 3.8) is 0 Å². The molecule has 0 aliphatic carbocycles. The fourth-order valence-electron chi connectivity index (χ4n) is 3.22. The van der Waals surface area contributed by atoms with E-state index in [0.29, 0.717) is 37.2 Å². The van der Waals surface area contributed by atoms with Crippen LogP contribution in [0.3, 0.4) is 0 Å². The predicted octanol–water partition coefficient (Wildman–Crippen LogP) is 2.77. The van der Waals surface area contributed by atoms with Gasteiger partial charge in [0.05, 0.1) is 11.4 Å². The minimum atomic E-state index is -0.522. The molecule has 8 heteroatoms. The quantitative estimate of drug-likeness (QED) is 0.263. The molecule has 1 atom stereocenters. The maximum absolute atomic E-state index is 12.0. The number of anilines is 2. The summed E-state index contributed by atoms with van der Waals surface area (Å²) in [5, 5.41) is 5.47. The predicted molar refractivity (Wildman–Crippen MR) is 114 cm³/mol. The molecule has 1 heterocycles. The van der Waals surface area contributed by atoms with Gasteiger partial charge in [-0.05, 0) is 52.2 Å². The van der Waals surface area contributed by atoms with Crippen molar-refractivity contribution >= 4 is 35.6 Å². The summed E-state index contributed by atoms with van der Waals surface area (Å²) in [5.41, 5.74) is 0.849. The highest BCUT2D eigenvalue weighted by molar-refractivity contribution is 6.02. The first-order chi connectivity index (χ1) is 14.2. The summed E-state index contributed by atoms with van der Waals surface area (Å²) in [7, 11) is 0. The van der Waals surface area contributed by atoms with Gasteiger partial charge in [-0.15, -0.1) is 0 Å². The van der Waals surface area contributed by atoms with Gasteiger partial charge in [0.2, 0.25) is 18.2 Å². The van der Waals surface area contributed by atoms with Gasteiger partial charge >= 0.3 is 5.97 Å². The van der Waals surface area contributed by atoms with E-state index in [1.165, 1.54) is 0 Å². The molecule has 0 spiro atoms. The monoisotopic (exact) mass is 417 g/mol. The summed E-state index contributed by atoms with van der Waals surface area (Å²) in [5.74, 6) is -0.846. The van der Waals surface area contributed by atoms with E-state index in [2.05, 4.69) is 10.6 Å². The Bertz CT molecular complexity index is 772. The molecule has 1 fully saturated rings. The van der Waals surface area contributed by atoms with E-state index in [0.717, 1.165) is 19.3 Å². The lowest BCUT2D eigenvalue weighted by Crippen LogP contribution is -2.47. The summed E-state index contributed by atoms with van der Waals surface area (Å²) < 4.78 is 5.29. The molecule has 1 saturated heterocycles. The minimum Gasteiger partial charge on any atom is -0.460 e. The van der Waals surface area contributed by atoms with Crippen LogP contribution in [-0.2, 0) is 23.9 Å². The second-order valence-electron chi connectivity index (χ2n) is 8.36. The Labute approximate surface area is 177 Å². The molecule has 0 saturated carbocycles. The third-order valence-corrected chi connectivity index (χ3v) is 4.61. The van der Waals surface area contributed by atoms with Crippen LogP contribution in [0.5, 0.6) is 0 Å². The van der Waals surface area contributed by atoms with Crippen LogP contribution >= 0.6 is 0 Å². The first-order valence-electron chi connectivity index (χ1n) is 10.3. The Balaban J connectivity index is 1.88. The zero-order valence-electron chi connectivity index (χ0n) is 17.9. The van der Waals surface area contributed by atoms with Crippen LogP contribution in [0.1, 0.15) is 59.3 Å². The number of esters is 1. The summed E-state index contributed by atoms with van der Waals surface area (Å²) in [4.78, 5) is 48.4. The van der Waals surface area contributed by atoms with Crippen molar-refractivity contribution in [2.45, 2.75) is 70.9 Å². The highest BCUT2D eigenvalue weighted by Crippen LogP contribution is 2.27. The van der Waals surface area contributed by atoms with Crippen molar-refractivity contribution in [2.24, 2.45) is 0 Å². The molecule has 0 aromatic heterocycles. The average Bonchev–Trinajstić information content (AvgIpc) is 2.66. The first kappa shape index (κ1) is 23.4. The van der Waals surface area contributed by atoms with Crippen LogP contribution in [0.15, 0.2) is 24.3 Å². The molecule has 1 aliphatic rings. The number of imide groups is 1. The van der Waals surface area contributed by atoms with E-state index < -0.39 is 11.6 Å². The van der Waals surface area contributed by atoms with Gasteiger partial charge in [0.15, 0.2) is 0 Å². The summed E-state index contributed by atoms with van der Waals surface area (Å²) >= 11 is 0. The highest BCUT2D eigenvalue weighted by atomic mass is 16.6. The molecule has 2 N–H and O–H groups in total. The number of piperidine rings is 1. The third-order valence-electron chi connectivity index (χ3n) is 4.61. The molecule has 3 amide bonds. The maximum Gasteiger partial charge on any atom is 0.306 e. The van der Waals surface area contributed by atoms with Crippen LogP contribution in [0.4, 0.5) is 11.4 Å². The number of nitrogens with zero attached hydrogens (tertiary/aromatic N) is 1. The Morgan fingerprint density at radius 3 is 2.63 bits per heavy atom. The van der Waals surface area contributed by atoms with Crippen molar-refractivity contribution in [3.05, 3.63) is 24.3 Å². The molecule has 1 unspecified atom stereocenters. The highest BCUT2D eigenvalue weighted by Gasteiger charge is 2.27. The lowest BCUT2D eigenvalue weighted by atomic mass is 10.1. The Morgan fingerprint density at radius 2 is 1.97 bits per heavy atom. The van der Waals surface area contributed by atoms with Gasteiger partial charge in [-0.2, -0.15) is 0 Å². The van der Waals surface area contributed by atoms with Crippen molar-refractivity contribution in [2.75, 3.05) is 16.8 Å². The van der Waals surface area contributed by atoms with E-state index in [4.69, 9.17) is 4.74 Å². The van der Waals surface area contributed by atoms with Crippen molar-refractivity contribution < 1.29 is 23.9 Å². The van der Waals surface area contributed by atoms with E-state index in [-0.39, 0.29) is 24.2 Å². The zero-order chi connectivity index (χ0) is 22.1.